The largest absolute Gasteiger partial charge is 0.462 e. The molecular weight excluding hydrogens is 456 g/mol. The lowest BCUT2D eigenvalue weighted by Gasteiger charge is -2.11. The lowest BCUT2D eigenvalue weighted by atomic mass is 10.0. The molecule has 2 heterocycles. The molecule has 0 radical (unpaired) electrons. The Labute approximate surface area is 201 Å². The monoisotopic (exact) mass is 480 g/mol. The van der Waals surface area contributed by atoms with Crippen LogP contribution >= 0.6 is 22.9 Å². The van der Waals surface area contributed by atoms with Gasteiger partial charge in [0.25, 0.3) is 5.91 Å². The van der Waals surface area contributed by atoms with Crippen molar-refractivity contribution in [2.75, 3.05) is 11.9 Å². The molecule has 2 aromatic carbocycles. The average molecular weight is 481 g/mol. The topological polar surface area (TPSA) is 60.3 Å². The molecule has 0 saturated heterocycles. The summed E-state index contributed by atoms with van der Waals surface area (Å²) in [7, 11) is 0. The normalized spacial score (nSPS) is 11.1. The van der Waals surface area contributed by atoms with Gasteiger partial charge in [0.2, 0.25) is 0 Å². The molecule has 0 aliphatic heterocycles. The van der Waals surface area contributed by atoms with Gasteiger partial charge in [0.1, 0.15) is 16.3 Å². The molecule has 0 aliphatic rings. The van der Waals surface area contributed by atoms with Gasteiger partial charge >= 0.3 is 5.97 Å². The van der Waals surface area contributed by atoms with Gasteiger partial charge in [-0.3, -0.25) is 4.79 Å². The fraction of sp³-hybridized carbons (Fsp3) is 0.231. The highest BCUT2D eigenvalue weighted by molar-refractivity contribution is 7.17. The molecule has 0 bridgehead atoms. The zero-order valence-corrected chi connectivity index (χ0v) is 20.6. The Morgan fingerprint density at radius 3 is 2.42 bits per heavy atom. The molecule has 0 unspecified atom stereocenters. The number of hydrogen-bond acceptors (Lipinski definition) is 4. The van der Waals surface area contributed by atoms with Gasteiger partial charge < -0.3 is 14.6 Å². The van der Waals surface area contributed by atoms with Gasteiger partial charge in [-0.2, -0.15) is 0 Å². The minimum Gasteiger partial charge on any atom is -0.462 e. The Balaban J connectivity index is 1.82. The van der Waals surface area contributed by atoms with Crippen LogP contribution in [0.4, 0.5) is 5.00 Å². The highest BCUT2D eigenvalue weighted by Crippen LogP contribution is 2.41. The van der Waals surface area contributed by atoms with E-state index in [1.54, 1.807) is 19.1 Å². The van der Waals surface area contributed by atoms with E-state index in [0.29, 0.717) is 27.8 Å². The van der Waals surface area contributed by atoms with E-state index in [-0.39, 0.29) is 12.5 Å². The van der Waals surface area contributed by atoms with Gasteiger partial charge in [-0.25, -0.2) is 4.79 Å². The van der Waals surface area contributed by atoms with Gasteiger partial charge in [0.15, 0.2) is 0 Å². The van der Waals surface area contributed by atoms with Crippen molar-refractivity contribution in [3.63, 3.8) is 0 Å². The first kappa shape index (κ1) is 23.1. The van der Waals surface area contributed by atoms with Crippen LogP contribution < -0.4 is 5.32 Å². The number of esters is 1. The smallest absolute Gasteiger partial charge is 0.341 e. The Hall–Kier alpha value is -3.09. The predicted octanol–water partition coefficient (Wildman–Crippen LogP) is 7.09. The van der Waals surface area contributed by atoms with Crippen molar-refractivity contribution < 1.29 is 14.3 Å². The molecule has 2 aromatic heterocycles. The van der Waals surface area contributed by atoms with Crippen LogP contribution in [0.5, 0.6) is 0 Å². The van der Waals surface area contributed by atoms with E-state index in [4.69, 9.17) is 16.3 Å². The number of anilines is 1. The molecule has 7 heteroatoms. The molecule has 33 heavy (non-hydrogen) atoms. The number of nitrogens with zero attached hydrogens (tertiary/aromatic N) is 1. The van der Waals surface area contributed by atoms with Crippen LogP contribution in [0.3, 0.4) is 0 Å². The van der Waals surface area contributed by atoms with Crippen molar-refractivity contribution >= 4 is 50.7 Å². The second-order valence-corrected chi connectivity index (χ2v) is 9.32. The number of aryl methyl sites for hydroxylation is 3. The lowest BCUT2D eigenvalue weighted by Crippen LogP contribution is -2.19. The van der Waals surface area contributed by atoms with Crippen LogP contribution in [0.15, 0.2) is 48.5 Å². The molecule has 0 spiro atoms. The van der Waals surface area contributed by atoms with E-state index in [1.165, 1.54) is 11.3 Å². The minimum atomic E-state index is -0.463. The van der Waals surface area contributed by atoms with Crippen LogP contribution in [0.1, 0.15) is 45.1 Å². The third-order valence-corrected chi connectivity index (χ3v) is 6.95. The van der Waals surface area contributed by atoms with Crippen molar-refractivity contribution in [1.82, 2.24) is 4.57 Å². The standard InChI is InChI=1S/C26H25ClN2O3S/c1-5-29-20-10-8-7-9-19(20)15(3)23(29)24(30)28-25-22(26(31)32-6-2)21(16(4)33-25)17-11-13-18(27)14-12-17/h7-14H,5-6H2,1-4H3,(H,28,30). The molecule has 0 atom stereocenters. The zero-order valence-electron chi connectivity index (χ0n) is 19.0. The van der Waals surface area contributed by atoms with Gasteiger partial charge in [0, 0.05) is 32.9 Å². The summed E-state index contributed by atoms with van der Waals surface area (Å²) < 4.78 is 7.36. The highest BCUT2D eigenvalue weighted by atomic mass is 35.5. The third kappa shape index (κ3) is 4.16. The van der Waals surface area contributed by atoms with Crippen molar-refractivity contribution in [1.29, 1.82) is 0 Å². The highest BCUT2D eigenvalue weighted by Gasteiger charge is 2.27. The number of hydrogen-bond donors (Lipinski definition) is 1. The summed E-state index contributed by atoms with van der Waals surface area (Å²) in [5.74, 6) is -0.713. The number of carbonyl (C=O) groups is 2. The first-order valence-electron chi connectivity index (χ1n) is 10.8. The number of halogens is 1. The number of nitrogens with one attached hydrogen (secondary N) is 1. The number of fused-ring (bicyclic) bond motifs is 1. The number of benzene rings is 2. The van der Waals surface area contributed by atoms with Crippen molar-refractivity contribution in [3.8, 4) is 11.1 Å². The number of carbonyl (C=O) groups excluding carboxylic acids is 2. The number of aromatic nitrogens is 1. The third-order valence-electron chi connectivity index (χ3n) is 5.68. The van der Waals surface area contributed by atoms with Crippen LogP contribution in [0.2, 0.25) is 5.02 Å². The number of rotatable bonds is 6. The molecule has 5 nitrogen and oxygen atoms in total. The van der Waals surface area contributed by atoms with E-state index < -0.39 is 5.97 Å². The van der Waals surface area contributed by atoms with E-state index in [0.717, 1.165) is 32.5 Å². The van der Waals surface area contributed by atoms with E-state index in [1.807, 2.05) is 61.7 Å². The summed E-state index contributed by atoms with van der Waals surface area (Å²) in [5, 5.41) is 5.15. The summed E-state index contributed by atoms with van der Waals surface area (Å²) in [6.07, 6.45) is 0. The van der Waals surface area contributed by atoms with Gasteiger partial charge in [-0.05, 0) is 57.0 Å². The Bertz CT molecular complexity index is 1350. The molecular formula is C26H25ClN2O3S. The Kier molecular flexibility index (Phi) is 6.58. The van der Waals surface area contributed by atoms with Gasteiger partial charge in [0.05, 0.1) is 6.61 Å². The predicted molar refractivity (Wildman–Crippen MR) is 136 cm³/mol. The van der Waals surface area contributed by atoms with Crippen LogP contribution in [-0.2, 0) is 11.3 Å². The maximum Gasteiger partial charge on any atom is 0.341 e. The van der Waals surface area contributed by atoms with Crippen molar-refractivity contribution in [2.24, 2.45) is 0 Å². The second-order valence-electron chi connectivity index (χ2n) is 7.65. The summed E-state index contributed by atoms with van der Waals surface area (Å²) in [6.45, 7) is 8.56. The molecule has 0 fully saturated rings. The second kappa shape index (κ2) is 9.41. The molecule has 170 valence electrons. The van der Waals surface area contributed by atoms with E-state index in [2.05, 4.69) is 5.32 Å². The first-order chi connectivity index (χ1) is 15.9. The molecule has 1 N–H and O–H groups in total. The average Bonchev–Trinajstić information content (AvgIpc) is 3.28. The van der Waals surface area contributed by atoms with Crippen LogP contribution in [0.25, 0.3) is 22.0 Å². The summed E-state index contributed by atoms with van der Waals surface area (Å²) in [6, 6.07) is 15.3. The zero-order chi connectivity index (χ0) is 23.7. The first-order valence-corrected chi connectivity index (χ1v) is 12.0. The quantitative estimate of drug-likeness (QED) is 0.300. The molecule has 4 aromatic rings. The van der Waals surface area contributed by atoms with Gasteiger partial charge in [-0.15, -0.1) is 11.3 Å². The minimum absolute atomic E-state index is 0.240. The molecule has 0 saturated carbocycles. The van der Waals surface area contributed by atoms with Crippen molar-refractivity contribution in [2.45, 2.75) is 34.2 Å². The van der Waals surface area contributed by atoms with E-state index >= 15 is 0 Å². The number of thiophene rings is 1. The maximum absolute atomic E-state index is 13.5. The Morgan fingerprint density at radius 1 is 1.06 bits per heavy atom. The Morgan fingerprint density at radius 2 is 1.76 bits per heavy atom. The fourth-order valence-corrected chi connectivity index (χ4v) is 5.44. The summed E-state index contributed by atoms with van der Waals surface area (Å²) >= 11 is 7.43. The lowest BCUT2D eigenvalue weighted by molar-refractivity contribution is 0.0529. The number of para-hydroxylation sites is 1. The summed E-state index contributed by atoms with van der Waals surface area (Å²) in [5.41, 5.74) is 4.47. The van der Waals surface area contributed by atoms with Crippen molar-refractivity contribution in [3.05, 3.63) is 75.3 Å². The number of amides is 1. The SMILES string of the molecule is CCOC(=O)c1c(NC(=O)c2c(C)c3ccccc3n2CC)sc(C)c1-c1ccc(Cl)cc1. The van der Waals surface area contributed by atoms with Crippen LogP contribution in [-0.4, -0.2) is 23.1 Å². The molecule has 0 aliphatic carbocycles. The van der Waals surface area contributed by atoms with Crippen LogP contribution in [0, 0.1) is 13.8 Å². The summed E-state index contributed by atoms with van der Waals surface area (Å²) in [4.78, 5) is 27.4. The number of ether oxygens (including phenoxy) is 1. The molecule has 4 rings (SSSR count). The molecule has 1 amide bonds. The maximum atomic E-state index is 13.5. The fourth-order valence-electron chi connectivity index (χ4n) is 4.26. The van der Waals surface area contributed by atoms with E-state index in [9.17, 15) is 9.59 Å². The van der Waals surface area contributed by atoms with Gasteiger partial charge in [-0.1, -0.05) is 41.9 Å².